The van der Waals surface area contributed by atoms with Crippen LogP contribution in [0.25, 0.3) is 0 Å². The zero-order chi connectivity index (χ0) is 6.00. The molecule has 0 aromatic carbocycles. The fourth-order valence-electron chi connectivity index (χ4n) is 0. The summed E-state index contributed by atoms with van der Waals surface area (Å²) in [6.45, 7) is 12.0. The van der Waals surface area contributed by atoms with Crippen LogP contribution in [0.1, 0.15) is 56.4 Å². The summed E-state index contributed by atoms with van der Waals surface area (Å²) >= 11 is 0. The molecule has 0 aromatic rings. The molecule has 0 aliphatic carbocycles. The summed E-state index contributed by atoms with van der Waals surface area (Å²) in [5, 5.41) is 0. The van der Waals surface area contributed by atoms with Crippen LogP contribution in [-0.2, 0) is 0 Å². The number of rotatable bonds is 0. The van der Waals surface area contributed by atoms with Gasteiger partial charge in [-0.05, 0) is 0 Å². The predicted octanol–water partition coefficient (Wildman–Crippen LogP) is 4.80. The number of hydrogen-bond acceptors (Lipinski definition) is 0. The average molecular weight is 137 g/mol. The van der Waals surface area contributed by atoms with Crippen molar-refractivity contribution in [3.63, 3.8) is 0 Å². The lowest BCUT2D eigenvalue weighted by Crippen LogP contribution is -0.856. The van der Waals surface area contributed by atoms with Gasteiger partial charge in [-0.15, -0.1) is 0 Å². The van der Waals surface area contributed by atoms with Gasteiger partial charge >= 0.3 is 0 Å². The minimum absolute atomic E-state index is 0. The van der Waals surface area contributed by atoms with Crippen molar-refractivity contribution in [2.24, 2.45) is 0 Å². The summed E-state index contributed by atoms with van der Waals surface area (Å²) in [6, 6.07) is 0. The molecule has 0 rings (SSSR count). The van der Waals surface area contributed by atoms with E-state index in [1.54, 1.807) is 0 Å². The van der Waals surface area contributed by atoms with Gasteiger partial charge in [-0.25, -0.2) is 0 Å². The van der Waals surface area contributed by atoms with Crippen LogP contribution >= 0.6 is 0 Å². The Bertz CT molecular complexity index is 0. The molecule has 0 spiro atoms. The molecular formula is C9H29+. The SMILES string of the molecule is C.C.CC.CC.CC.[CH3+]. The van der Waals surface area contributed by atoms with E-state index in [9.17, 15) is 0 Å². The van der Waals surface area contributed by atoms with Gasteiger partial charge in [0, 0.05) is 7.43 Å². The van der Waals surface area contributed by atoms with Crippen LogP contribution in [0.2, 0.25) is 0 Å². The van der Waals surface area contributed by atoms with Crippen LogP contribution < -0.4 is 0 Å². The first-order valence-corrected chi connectivity index (χ1v) is 3.00. The second-order valence-electron chi connectivity index (χ2n) is 0. The first kappa shape index (κ1) is 66.7. The summed E-state index contributed by atoms with van der Waals surface area (Å²) in [5.41, 5.74) is 0. The van der Waals surface area contributed by atoms with Gasteiger partial charge in [-0.3, -0.25) is 0 Å². The largest absolute Gasteiger partial charge is 0.0776 e. The summed E-state index contributed by atoms with van der Waals surface area (Å²) in [4.78, 5) is 0. The molecule has 0 unspecified atom stereocenters. The topological polar surface area (TPSA) is 0 Å². The Morgan fingerprint density at radius 3 is 0.444 bits per heavy atom. The molecule has 0 N–H and O–H groups in total. The molecule has 0 atom stereocenters. The molecule has 0 saturated carbocycles. The van der Waals surface area contributed by atoms with Gasteiger partial charge in [-0.2, -0.15) is 0 Å². The van der Waals surface area contributed by atoms with Crippen LogP contribution in [0.4, 0.5) is 0 Å². The molecule has 0 bridgehead atoms. The maximum Gasteiger partial charge on any atom is 0.0467 e. The molecule has 0 aromatic heterocycles. The highest BCUT2D eigenvalue weighted by atomic mass is 13.0. The Kier molecular flexibility index (Phi) is 163000. The monoisotopic (exact) mass is 137 g/mol. The predicted molar refractivity (Wildman–Crippen MR) is 53.9 cm³/mol. The van der Waals surface area contributed by atoms with Gasteiger partial charge in [0.2, 0.25) is 0 Å². The van der Waals surface area contributed by atoms with Crippen molar-refractivity contribution in [2.75, 3.05) is 0 Å². The van der Waals surface area contributed by atoms with Crippen molar-refractivity contribution in [3.8, 4) is 0 Å². The van der Waals surface area contributed by atoms with Crippen LogP contribution in [0, 0.1) is 7.43 Å². The first-order valence-electron chi connectivity index (χ1n) is 3.00. The third kappa shape index (κ3) is 16000. The molecule has 0 nitrogen and oxygen atoms in total. The normalized spacial score (nSPS) is 2.00. The lowest BCUT2D eigenvalue weighted by Gasteiger charge is -1.07. The minimum atomic E-state index is 0. The molecule has 9 heavy (non-hydrogen) atoms. The van der Waals surface area contributed by atoms with E-state index in [1.807, 2.05) is 41.5 Å². The average Bonchev–Trinajstić information content (AvgIpc) is 1.81. The summed E-state index contributed by atoms with van der Waals surface area (Å²) in [7, 11) is 0. The lowest BCUT2D eigenvalue weighted by atomic mass is 11.0. The molecule has 0 heteroatoms. The van der Waals surface area contributed by atoms with Gasteiger partial charge in [0.15, 0.2) is 0 Å². The zero-order valence-electron chi connectivity index (χ0n) is 7.00. The molecule has 0 aliphatic rings. The second kappa shape index (κ2) is 22000. The van der Waals surface area contributed by atoms with E-state index in [2.05, 4.69) is 0 Å². The molecular weight excluding hydrogens is 108 g/mol. The van der Waals surface area contributed by atoms with Crippen molar-refractivity contribution in [3.05, 3.63) is 7.43 Å². The van der Waals surface area contributed by atoms with Gasteiger partial charge in [0.05, 0.1) is 0 Å². The van der Waals surface area contributed by atoms with Gasteiger partial charge in [0.1, 0.15) is 0 Å². The van der Waals surface area contributed by atoms with Crippen molar-refractivity contribution < 1.29 is 0 Å². The Morgan fingerprint density at radius 2 is 0.444 bits per heavy atom. The van der Waals surface area contributed by atoms with Crippen molar-refractivity contribution in [2.45, 2.75) is 56.4 Å². The molecule has 0 heterocycles. The van der Waals surface area contributed by atoms with Crippen molar-refractivity contribution in [1.29, 1.82) is 0 Å². The standard InChI is InChI=1S/3C2H6.2CH4.CH3/c3*1-2;;;/h3*1-2H3;2*1H4;1H3/q;;;;;+1. The van der Waals surface area contributed by atoms with E-state index in [0.717, 1.165) is 0 Å². The molecule has 0 amide bonds. The molecule has 0 saturated heterocycles. The first-order chi connectivity index (χ1) is 3.00. The minimum Gasteiger partial charge on any atom is -0.0776 e. The summed E-state index contributed by atoms with van der Waals surface area (Å²) in [6.07, 6.45) is 0. The summed E-state index contributed by atoms with van der Waals surface area (Å²) < 4.78 is 0. The Labute approximate surface area is 64.7 Å². The molecule has 0 fully saturated rings. The van der Waals surface area contributed by atoms with Gasteiger partial charge in [0.25, 0.3) is 0 Å². The molecule has 0 aliphatic heterocycles. The highest BCUT2D eigenvalue weighted by Crippen LogP contribution is 1.15. The quantitative estimate of drug-likeness (QED) is 0.421. The fraction of sp³-hybridized carbons (Fsp3) is 0.889. The highest BCUT2D eigenvalue weighted by Gasteiger charge is 0.936. The van der Waals surface area contributed by atoms with E-state index in [4.69, 9.17) is 0 Å². The van der Waals surface area contributed by atoms with E-state index in [0.29, 0.717) is 0 Å². The van der Waals surface area contributed by atoms with Crippen LogP contribution in [0.5, 0.6) is 0 Å². The van der Waals surface area contributed by atoms with E-state index >= 15 is 0 Å². The van der Waals surface area contributed by atoms with Gasteiger partial charge in [-0.1, -0.05) is 56.4 Å². The summed E-state index contributed by atoms with van der Waals surface area (Å²) in [5.74, 6) is 0. The Morgan fingerprint density at radius 1 is 0.444 bits per heavy atom. The molecule has 0 radical (unpaired) electrons. The second-order valence-corrected chi connectivity index (χ2v) is 0. The zero-order valence-corrected chi connectivity index (χ0v) is 7.00. The van der Waals surface area contributed by atoms with E-state index in [1.165, 1.54) is 0 Å². The van der Waals surface area contributed by atoms with Crippen LogP contribution in [0.3, 0.4) is 0 Å². The van der Waals surface area contributed by atoms with E-state index < -0.39 is 0 Å². The fourth-order valence-corrected chi connectivity index (χ4v) is 0. The smallest absolute Gasteiger partial charge is 0.0467 e. The van der Waals surface area contributed by atoms with Gasteiger partial charge < -0.3 is 0 Å². The third-order valence-corrected chi connectivity index (χ3v) is 0. The maximum atomic E-state index is 2.00. The Balaban J connectivity index is -0.00000000321. The van der Waals surface area contributed by atoms with E-state index in [-0.39, 0.29) is 22.3 Å². The highest BCUT2D eigenvalue weighted by molar-refractivity contribution is 3.51. The Hall–Kier alpha value is -0.130. The third-order valence-electron chi connectivity index (χ3n) is 0. The maximum absolute atomic E-state index is 2.00. The van der Waals surface area contributed by atoms with Crippen molar-refractivity contribution >= 4 is 0 Å². The number of hydrogen-bond donors (Lipinski definition) is 0. The van der Waals surface area contributed by atoms with Crippen LogP contribution in [-0.4, -0.2) is 0 Å². The van der Waals surface area contributed by atoms with Crippen molar-refractivity contribution in [1.82, 2.24) is 0 Å². The lowest BCUT2D eigenvalue weighted by molar-refractivity contribution is 1.50. The molecule has 64 valence electrons. The van der Waals surface area contributed by atoms with Crippen LogP contribution in [0.15, 0.2) is 0 Å².